The lowest BCUT2D eigenvalue weighted by Gasteiger charge is -2.08. The van der Waals surface area contributed by atoms with Crippen LogP contribution in [0.5, 0.6) is 0 Å². The van der Waals surface area contributed by atoms with Gasteiger partial charge in [0.25, 0.3) is 0 Å². The molecule has 1 aliphatic carbocycles. The Hall–Kier alpha value is -0.830. The molecule has 0 spiro atoms. The van der Waals surface area contributed by atoms with E-state index in [1.807, 2.05) is 13.8 Å². The smallest absolute Gasteiger partial charge is 0.309 e. The van der Waals surface area contributed by atoms with Crippen LogP contribution in [0, 0.1) is 11.8 Å². The minimum absolute atomic E-state index is 0.0403. The predicted molar refractivity (Wildman–Crippen MR) is 53.7 cm³/mol. The van der Waals surface area contributed by atoms with Gasteiger partial charge in [0.2, 0.25) is 0 Å². The van der Waals surface area contributed by atoms with Gasteiger partial charge in [-0.1, -0.05) is 13.8 Å². The van der Waals surface area contributed by atoms with E-state index >= 15 is 0 Å². The average Bonchev–Trinajstić information content (AvgIpc) is 2.94. The molecule has 0 radical (unpaired) electrons. The number of hydrogen-bond acceptors (Lipinski definition) is 3. The van der Waals surface area contributed by atoms with Crippen molar-refractivity contribution in [2.24, 2.45) is 11.8 Å². The molecular formula is C11H18O3. The molecule has 3 nitrogen and oxygen atoms in total. The second kappa shape index (κ2) is 5.15. The highest BCUT2D eigenvalue weighted by molar-refractivity contribution is 5.74. The Morgan fingerprint density at radius 1 is 1.57 bits per heavy atom. The molecule has 0 aliphatic heterocycles. The maximum absolute atomic E-state index is 11.1. The third-order valence-corrected chi connectivity index (χ3v) is 2.41. The van der Waals surface area contributed by atoms with Crippen molar-refractivity contribution in [3.05, 3.63) is 11.6 Å². The van der Waals surface area contributed by atoms with Gasteiger partial charge in [-0.25, -0.2) is 0 Å². The molecule has 80 valence electrons. The Balaban J connectivity index is 2.25. The molecule has 3 heteroatoms. The molecule has 0 atom stereocenters. The van der Waals surface area contributed by atoms with Gasteiger partial charge in [-0.15, -0.1) is 0 Å². The highest BCUT2D eigenvalue weighted by atomic mass is 16.5. The van der Waals surface area contributed by atoms with Gasteiger partial charge in [0.05, 0.1) is 12.5 Å². The van der Waals surface area contributed by atoms with Gasteiger partial charge in [-0.3, -0.25) is 4.79 Å². The Bertz CT molecular complexity index is 227. The predicted octanol–water partition coefficient (Wildman–Crippen LogP) is 1.51. The average molecular weight is 198 g/mol. The van der Waals surface area contributed by atoms with Crippen LogP contribution in [0.3, 0.4) is 0 Å². The quantitative estimate of drug-likeness (QED) is 0.538. The van der Waals surface area contributed by atoms with Crippen LogP contribution in [0.25, 0.3) is 0 Å². The van der Waals surface area contributed by atoms with Crippen molar-refractivity contribution < 1.29 is 14.6 Å². The first-order valence-electron chi connectivity index (χ1n) is 5.11. The summed E-state index contributed by atoms with van der Waals surface area (Å²) in [5.74, 6) is 0.363. The minimum atomic E-state index is -0.0951. The summed E-state index contributed by atoms with van der Waals surface area (Å²) < 4.78 is 5.02. The monoisotopic (exact) mass is 198 g/mol. The summed E-state index contributed by atoms with van der Waals surface area (Å²) >= 11 is 0. The topological polar surface area (TPSA) is 46.5 Å². The van der Waals surface area contributed by atoms with Crippen molar-refractivity contribution in [2.45, 2.75) is 26.7 Å². The lowest BCUT2D eigenvalue weighted by Crippen LogP contribution is -2.08. The summed E-state index contributed by atoms with van der Waals surface area (Å²) in [4.78, 5) is 11.1. The van der Waals surface area contributed by atoms with Crippen molar-refractivity contribution in [1.29, 1.82) is 0 Å². The molecule has 0 bridgehead atoms. The van der Waals surface area contributed by atoms with Gasteiger partial charge in [-0.05, 0) is 30.4 Å². The standard InChI is InChI=1S/C11H18O3/c1-8(2)10(7-12)5-6-14-11(13)9-3-4-9/h5,8-9,12H,3-4,6-7H2,1-2H3/b10-5-. The fourth-order valence-electron chi connectivity index (χ4n) is 1.15. The van der Waals surface area contributed by atoms with Crippen molar-refractivity contribution in [1.82, 2.24) is 0 Å². The normalized spacial score (nSPS) is 17.3. The highest BCUT2D eigenvalue weighted by Gasteiger charge is 2.30. The van der Waals surface area contributed by atoms with Crippen molar-refractivity contribution >= 4 is 5.97 Å². The van der Waals surface area contributed by atoms with Gasteiger partial charge in [-0.2, -0.15) is 0 Å². The van der Waals surface area contributed by atoms with E-state index in [4.69, 9.17) is 9.84 Å². The van der Waals surface area contributed by atoms with Crippen molar-refractivity contribution in [3.63, 3.8) is 0 Å². The zero-order chi connectivity index (χ0) is 10.6. The van der Waals surface area contributed by atoms with Crippen LogP contribution in [-0.2, 0) is 9.53 Å². The molecule has 1 saturated carbocycles. The summed E-state index contributed by atoms with van der Waals surface area (Å²) in [6.45, 7) is 4.34. The van der Waals surface area contributed by atoms with Gasteiger partial charge in [0.1, 0.15) is 6.61 Å². The molecule has 0 unspecified atom stereocenters. The van der Waals surface area contributed by atoms with Crippen molar-refractivity contribution in [3.8, 4) is 0 Å². The van der Waals surface area contributed by atoms with E-state index in [2.05, 4.69) is 0 Å². The zero-order valence-corrected chi connectivity index (χ0v) is 8.82. The summed E-state index contributed by atoms with van der Waals surface area (Å²) in [6, 6.07) is 0. The van der Waals surface area contributed by atoms with Crippen LogP contribution in [0.15, 0.2) is 11.6 Å². The van der Waals surface area contributed by atoms with Crippen LogP contribution in [-0.4, -0.2) is 24.3 Å². The van der Waals surface area contributed by atoms with Gasteiger partial charge in [0.15, 0.2) is 0 Å². The first-order chi connectivity index (χ1) is 6.65. The van der Waals surface area contributed by atoms with E-state index in [1.165, 1.54) is 0 Å². The fraction of sp³-hybridized carbons (Fsp3) is 0.727. The number of carbonyl (C=O) groups excluding carboxylic acids is 1. The molecule has 1 rings (SSSR count). The van der Waals surface area contributed by atoms with Gasteiger partial charge < -0.3 is 9.84 Å². The number of aliphatic hydroxyl groups is 1. The Labute approximate surface area is 84.8 Å². The summed E-state index contributed by atoms with van der Waals surface area (Å²) in [7, 11) is 0. The fourth-order valence-corrected chi connectivity index (χ4v) is 1.15. The second-order valence-corrected chi connectivity index (χ2v) is 4.00. The minimum Gasteiger partial charge on any atom is -0.461 e. The molecule has 1 N–H and O–H groups in total. The van der Waals surface area contributed by atoms with Gasteiger partial charge >= 0.3 is 5.97 Å². The summed E-state index contributed by atoms with van der Waals surface area (Å²) in [5, 5.41) is 8.97. The van der Waals surface area contributed by atoms with Crippen LogP contribution in [0.2, 0.25) is 0 Å². The molecule has 1 fully saturated rings. The Morgan fingerprint density at radius 3 is 2.64 bits per heavy atom. The number of carbonyl (C=O) groups is 1. The zero-order valence-electron chi connectivity index (χ0n) is 8.82. The lowest BCUT2D eigenvalue weighted by molar-refractivity contribution is -0.143. The van der Waals surface area contributed by atoms with E-state index in [9.17, 15) is 4.79 Å². The molecule has 0 saturated heterocycles. The molecule has 0 amide bonds. The molecule has 0 aromatic carbocycles. The molecule has 0 aromatic heterocycles. The van der Waals surface area contributed by atoms with Crippen LogP contribution < -0.4 is 0 Å². The SMILES string of the molecule is CC(C)/C(=C\COC(=O)C1CC1)CO. The third-order valence-electron chi connectivity index (χ3n) is 2.41. The number of hydrogen-bond donors (Lipinski definition) is 1. The second-order valence-electron chi connectivity index (χ2n) is 4.00. The molecule has 0 heterocycles. The van der Waals surface area contributed by atoms with Crippen molar-refractivity contribution in [2.75, 3.05) is 13.2 Å². The number of ether oxygens (including phenoxy) is 1. The third kappa shape index (κ3) is 3.50. The first-order valence-corrected chi connectivity index (χ1v) is 5.11. The number of aliphatic hydroxyl groups excluding tert-OH is 1. The molecule has 14 heavy (non-hydrogen) atoms. The Kier molecular flexibility index (Phi) is 4.14. The first kappa shape index (κ1) is 11.2. The van der Waals surface area contributed by atoms with E-state index in [-0.39, 0.29) is 18.5 Å². The van der Waals surface area contributed by atoms with E-state index in [1.54, 1.807) is 6.08 Å². The maximum atomic E-state index is 11.1. The number of rotatable bonds is 5. The summed E-state index contributed by atoms with van der Waals surface area (Å²) in [5.41, 5.74) is 0.925. The largest absolute Gasteiger partial charge is 0.461 e. The van der Waals surface area contributed by atoms with E-state index in [0.29, 0.717) is 12.5 Å². The maximum Gasteiger partial charge on any atom is 0.309 e. The van der Waals surface area contributed by atoms with Crippen LogP contribution >= 0.6 is 0 Å². The number of esters is 1. The van der Waals surface area contributed by atoms with Gasteiger partial charge in [0, 0.05) is 0 Å². The molecule has 0 aromatic rings. The van der Waals surface area contributed by atoms with E-state index < -0.39 is 0 Å². The summed E-state index contributed by atoms with van der Waals surface area (Å²) in [6.07, 6.45) is 3.74. The Morgan fingerprint density at radius 2 is 2.21 bits per heavy atom. The van der Waals surface area contributed by atoms with Crippen LogP contribution in [0.1, 0.15) is 26.7 Å². The van der Waals surface area contributed by atoms with Crippen LogP contribution in [0.4, 0.5) is 0 Å². The lowest BCUT2D eigenvalue weighted by atomic mass is 10.0. The van der Waals surface area contributed by atoms with E-state index in [0.717, 1.165) is 18.4 Å². The highest BCUT2D eigenvalue weighted by Crippen LogP contribution is 2.30. The molecular weight excluding hydrogens is 180 g/mol. The molecule has 1 aliphatic rings.